The molecule has 1 aliphatic carbocycles. The molecule has 1 saturated carbocycles. The van der Waals surface area contributed by atoms with Crippen LogP contribution in [0.5, 0.6) is 0 Å². The monoisotopic (exact) mass is 255 g/mol. The zero-order valence-corrected chi connectivity index (χ0v) is 10.0. The lowest BCUT2D eigenvalue weighted by molar-refractivity contribution is 0.318. The number of benzene rings is 1. The van der Waals surface area contributed by atoms with Gasteiger partial charge in [-0.2, -0.15) is 0 Å². The number of halogens is 2. The summed E-state index contributed by atoms with van der Waals surface area (Å²) in [5.41, 5.74) is 5.27. The molecule has 0 radical (unpaired) electrons. The molecule has 1 aliphatic rings. The van der Waals surface area contributed by atoms with Gasteiger partial charge in [-0.05, 0) is 31.4 Å². The third-order valence-corrected chi connectivity index (χ3v) is 3.40. The van der Waals surface area contributed by atoms with Gasteiger partial charge in [-0.25, -0.2) is 8.78 Å². The van der Waals surface area contributed by atoms with E-state index < -0.39 is 11.6 Å². The minimum Gasteiger partial charge on any atom is -0.409 e. The Kier molecular flexibility index (Phi) is 3.36. The van der Waals surface area contributed by atoms with Gasteiger partial charge in [0.25, 0.3) is 0 Å². The lowest BCUT2D eigenvalue weighted by Gasteiger charge is -2.36. The normalized spacial score (nSPS) is 16.5. The number of amidine groups is 1. The van der Waals surface area contributed by atoms with Crippen LogP contribution in [0.2, 0.25) is 0 Å². The quantitative estimate of drug-likeness (QED) is 0.376. The number of nitrogens with two attached hydrogens (primary N) is 1. The summed E-state index contributed by atoms with van der Waals surface area (Å²) < 4.78 is 27.8. The van der Waals surface area contributed by atoms with Crippen LogP contribution < -0.4 is 10.6 Å². The number of oxime groups is 1. The fraction of sp³-hybridized carbons (Fsp3) is 0.417. The second kappa shape index (κ2) is 4.80. The highest BCUT2D eigenvalue weighted by Gasteiger charge is 2.26. The van der Waals surface area contributed by atoms with E-state index >= 15 is 0 Å². The topological polar surface area (TPSA) is 61.8 Å². The molecule has 3 N–H and O–H groups in total. The van der Waals surface area contributed by atoms with Crippen LogP contribution in [0.4, 0.5) is 14.5 Å². The SMILES string of the molecule is CN(c1c(F)cc(C(N)=NO)cc1F)C1CCC1. The van der Waals surface area contributed by atoms with Crippen LogP contribution in [0.1, 0.15) is 24.8 Å². The van der Waals surface area contributed by atoms with Crippen molar-refractivity contribution in [3.05, 3.63) is 29.3 Å². The summed E-state index contributed by atoms with van der Waals surface area (Å²) in [6.07, 6.45) is 2.97. The summed E-state index contributed by atoms with van der Waals surface area (Å²) in [6, 6.07) is 2.33. The molecule has 0 amide bonds. The van der Waals surface area contributed by atoms with E-state index in [1.807, 2.05) is 0 Å². The Morgan fingerprint density at radius 1 is 1.39 bits per heavy atom. The van der Waals surface area contributed by atoms with Crippen molar-refractivity contribution in [3.63, 3.8) is 0 Å². The summed E-state index contributed by atoms with van der Waals surface area (Å²) >= 11 is 0. The van der Waals surface area contributed by atoms with Crippen molar-refractivity contribution in [2.75, 3.05) is 11.9 Å². The van der Waals surface area contributed by atoms with Crippen molar-refractivity contribution in [2.45, 2.75) is 25.3 Å². The van der Waals surface area contributed by atoms with Gasteiger partial charge in [-0.15, -0.1) is 0 Å². The van der Waals surface area contributed by atoms with Gasteiger partial charge in [-0.3, -0.25) is 0 Å². The molecule has 0 heterocycles. The predicted octanol–water partition coefficient (Wildman–Crippen LogP) is 2.05. The van der Waals surface area contributed by atoms with E-state index in [0.29, 0.717) is 0 Å². The third-order valence-electron chi connectivity index (χ3n) is 3.40. The molecule has 0 aromatic heterocycles. The summed E-state index contributed by atoms with van der Waals surface area (Å²) in [5, 5.41) is 11.2. The van der Waals surface area contributed by atoms with Crippen LogP contribution in [-0.4, -0.2) is 24.1 Å². The first-order valence-corrected chi connectivity index (χ1v) is 5.74. The smallest absolute Gasteiger partial charge is 0.170 e. The molecular weight excluding hydrogens is 240 g/mol. The van der Waals surface area contributed by atoms with Crippen LogP contribution in [0.15, 0.2) is 17.3 Å². The molecule has 0 unspecified atom stereocenters. The Labute approximate surface area is 104 Å². The average Bonchev–Trinajstić information content (AvgIpc) is 2.24. The Hall–Kier alpha value is -1.85. The summed E-state index contributed by atoms with van der Waals surface area (Å²) in [5.74, 6) is -1.72. The zero-order valence-electron chi connectivity index (χ0n) is 10.0. The molecule has 0 atom stereocenters. The lowest BCUT2D eigenvalue weighted by atomic mass is 9.91. The van der Waals surface area contributed by atoms with Gasteiger partial charge in [-0.1, -0.05) is 5.16 Å². The van der Waals surface area contributed by atoms with E-state index in [-0.39, 0.29) is 23.1 Å². The number of rotatable bonds is 3. The molecule has 0 saturated heterocycles. The van der Waals surface area contributed by atoms with Crippen molar-refractivity contribution in [3.8, 4) is 0 Å². The molecule has 1 fully saturated rings. The van der Waals surface area contributed by atoms with Crippen molar-refractivity contribution >= 4 is 11.5 Å². The van der Waals surface area contributed by atoms with Crippen LogP contribution in [-0.2, 0) is 0 Å². The first-order valence-electron chi connectivity index (χ1n) is 5.74. The molecular formula is C12H15F2N3O. The third kappa shape index (κ3) is 2.10. The fourth-order valence-electron chi connectivity index (χ4n) is 2.06. The zero-order chi connectivity index (χ0) is 13.3. The number of anilines is 1. The molecule has 0 aliphatic heterocycles. The van der Waals surface area contributed by atoms with Crippen LogP contribution in [0, 0.1) is 11.6 Å². The van der Waals surface area contributed by atoms with E-state index in [1.165, 1.54) is 0 Å². The second-order valence-electron chi connectivity index (χ2n) is 4.47. The maximum absolute atomic E-state index is 13.9. The molecule has 6 heteroatoms. The Morgan fingerprint density at radius 2 is 1.94 bits per heavy atom. The minimum absolute atomic E-state index is 0.0262. The Balaban J connectivity index is 2.37. The number of nitrogens with zero attached hydrogens (tertiary/aromatic N) is 2. The second-order valence-corrected chi connectivity index (χ2v) is 4.47. The first kappa shape index (κ1) is 12.6. The van der Waals surface area contributed by atoms with Crippen molar-refractivity contribution in [1.82, 2.24) is 0 Å². The molecule has 98 valence electrons. The minimum atomic E-state index is -0.703. The maximum atomic E-state index is 13.9. The largest absolute Gasteiger partial charge is 0.409 e. The highest BCUT2D eigenvalue weighted by molar-refractivity contribution is 5.97. The van der Waals surface area contributed by atoms with E-state index in [4.69, 9.17) is 10.9 Å². The molecule has 4 nitrogen and oxygen atoms in total. The van der Waals surface area contributed by atoms with Gasteiger partial charge in [0.05, 0.1) is 0 Å². The van der Waals surface area contributed by atoms with E-state index in [1.54, 1.807) is 11.9 Å². The molecule has 18 heavy (non-hydrogen) atoms. The standard InChI is InChI=1S/C12H15F2N3O/c1-17(8-3-2-4-8)11-9(13)5-7(6-10(11)14)12(15)16-18/h5-6,8,18H,2-4H2,1H3,(H2,15,16). The lowest BCUT2D eigenvalue weighted by Crippen LogP contribution is -2.38. The predicted molar refractivity (Wildman–Crippen MR) is 64.9 cm³/mol. The highest BCUT2D eigenvalue weighted by Crippen LogP contribution is 2.32. The van der Waals surface area contributed by atoms with Crippen molar-refractivity contribution < 1.29 is 14.0 Å². The number of hydrogen-bond acceptors (Lipinski definition) is 3. The van der Waals surface area contributed by atoms with Crippen LogP contribution >= 0.6 is 0 Å². The van der Waals surface area contributed by atoms with Gasteiger partial charge in [0.15, 0.2) is 5.84 Å². The highest BCUT2D eigenvalue weighted by atomic mass is 19.1. The van der Waals surface area contributed by atoms with Gasteiger partial charge in [0.2, 0.25) is 0 Å². The average molecular weight is 255 g/mol. The van der Waals surface area contributed by atoms with Crippen LogP contribution in [0.3, 0.4) is 0 Å². The Bertz CT molecular complexity index is 463. The van der Waals surface area contributed by atoms with Crippen molar-refractivity contribution in [1.29, 1.82) is 0 Å². The molecule has 1 aromatic carbocycles. The van der Waals surface area contributed by atoms with Crippen molar-refractivity contribution in [2.24, 2.45) is 10.9 Å². The first-order chi connectivity index (χ1) is 8.54. The molecule has 1 aromatic rings. The molecule has 2 rings (SSSR count). The van der Waals surface area contributed by atoms with Gasteiger partial charge >= 0.3 is 0 Å². The Morgan fingerprint density at radius 3 is 2.33 bits per heavy atom. The fourth-order valence-corrected chi connectivity index (χ4v) is 2.06. The summed E-state index contributed by atoms with van der Waals surface area (Å²) in [7, 11) is 1.68. The van der Waals surface area contributed by atoms with E-state index in [9.17, 15) is 8.78 Å². The van der Waals surface area contributed by atoms with Gasteiger partial charge in [0, 0.05) is 18.7 Å². The van der Waals surface area contributed by atoms with Gasteiger partial charge in [0.1, 0.15) is 17.3 Å². The number of hydrogen-bond donors (Lipinski definition) is 2. The summed E-state index contributed by atoms with van der Waals surface area (Å²) in [6.45, 7) is 0. The van der Waals surface area contributed by atoms with E-state index in [2.05, 4.69) is 5.16 Å². The van der Waals surface area contributed by atoms with Gasteiger partial charge < -0.3 is 15.8 Å². The van der Waals surface area contributed by atoms with E-state index in [0.717, 1.165) is 31.4 Å². The molecule has 0 spiro atoms. The van der Waals surface area contributed by atoms with Crippen LogP contribution in [0.25, 0.3) is 0 Å². The maximum Gasteiger partial charge on any atom is 0.170 e. The molecule has 0 bridgehead atoms. The summed E-state index contributed by atoms with van der Waals surface area (Å²) in [4.78, 5) is 1.62.